The fraction of sp³-hybridized carbons (Fsp3) is 0.750. The maximum Gasteiger partial charge on any atom is 0.408 e. The number of carbonyl (C=O) groups excluding carboxylic acids is 3. The fourth-order valence-corrected chi connectivity index (χ4v) is 4.20. The van der Waals surface area contributed by atoms with Gasteiger partial charge in [-0.1, -0.05) is 18.8 Å². The number of hydrogen-bond donors (Lipinski definition) is 2. The number of ketones is 1. The van der Waals surface area contributed by atoms with Crippen LogP contribution in [-0.2, 0) is 14.3 Å². The molecule has 150 valence electrons. The number of terminal acetylenes is 1. The molecule has 2 rings (SSSR count). The summed E-state index contributed by atoms with van der Waals surface area (Å²) in [6.07, 6.45) is 9.82. The molecule has 2 amide bonds. The van der Waals surface area contributed by atoms with Crippen LogP contribution in [0.5, 0.6) is 0 Å². The summed E-state index contributed by atoms with van der Waals surface area (Å²) in [7, 11) is 0. The lowest BCUT2D eigenvalue weighted by Gasteiger charge is -2.41. The van der Waals surface area contributed by atoms with Gasteiger partial charge in [-0.05, 0) is 46.5 Å². The number of likely N-dealkylation sites (tertiary alicyclic amines) is 1. The van der Waals surface area contributed by atoms with E-state index in [4.69, 9.17) is 16.9 Å². The summed E-state index contributed by atoms with van der Waals surface area (Å²) < 4.78 is 5.18. The van der Waals surface area contributed by atoms with Crippen LogP contribution in [-0.4, -0.2) is 53.0 Å². The first-order chi connectivity index (χ1) is 12.6. The van der Waals surface area contributed by atoms with Gasteiger partial charge in [0.25, 0.3) is 0 Å². The molecule has 2 aliphatic rings. The summed E-state index contributed by atoms with van der Waals surface area (Å²) in [6, 6.07) is -0.726. The average molecular weight is 377 g/mol. The Morgan fingerprint density at radius 2 is 1.85 bits per heavy atom. The number of Topliss-reactive ketones (excluding diaryl/α,β-unsaturated/α-hetero) is 1. The normalized spacial score (nSPS) is 29.0. The Balaban J connectivity index is 2.07. The monoisotopic (exact) mass is 377 g/mol. The molecule has 27 heavy (non-hydrogen) atoms. The number of amides is 2. The molecular weight excluding hydrogens is 346 g/mol. The smallest absolute Gasteiger partial charge is 0.408 e. The van der Waals surface area contributed by atoms with Crippen LogP contribution < -0.4 is 11.1 Å². The van der Waals surface area contributed by atoms with E-state index >= 15 is 0 Å². The van der Waals surface area contributed by atoms with Gasteiger partial charge in [-0.3, -0.25) is 14.5 Å². The quantitative estimate of drug-likeness (QED) is 0.709. The summed E-state index contributed by atoms with van der Waals surface area (Å²) in [6.45, 7) is 5.21. The molecule has 0 aromatic heterocycles. The van der Waals surface area contributed by atoms with Crippen molar-refractivity contribution in [2.75, 3.05) is 6.54 Å². The summed E-state index contributed by atoms with van der Waals surface area (Å²) in [5, 5.41) is 2.55. The van der Waals surface area contributed by atoms with E-state index in [0.717, 1.165) is 25.7 Å². The summed E-state index contributed by atoms with van der Waals surface area (Å²) in [5.41, 5.74) is 4.96. The standard InChI is InChI=1S/C20H31N3O4/c1-5-13-10-11-16(18(21)25)23(13)15-9-7-6-8-14(15)17(24)12-22-19(26)27-20(2,3)4/h1,13-16H,6-12H2,2-4H3,(H2,21,25)(H,22,26)/t13-,14?,15?,16-/m0/s1. The SMILES string of the molecule is C#C[C@H]1CC[C@@H](C(N)=O)N1C1CCCCC1C(=O)CNC(=O)OC(C)(C)C. The molecule has 1 aliphatic carbocycles. The van der Waals surface area contributed by atoms with Crippen LogP contribution in [0.2, 0.25) is 0 Å². The van der Waals surface area contributed by atoms with Gasteiger partial charge in [-0.2, -0.15) is 0 Å². The Kier molecular flexibility index (Phi) is 6.88. The van der Waals surface area contributed by atoms with Crippen LogP contribution in [0.15, 0.2) is 0 Å². The lowest BCUT2D eigenvalue weighted by Crippen LogP contribution is -2.55. The largest absolute Gasteiger partial charge is 0.444 e. The molecule has 2 unspecified atom stereocenters. The summed E-state index contributed by atoms with van der Waals surface area (Å²) in [4.78, 5) is 38.6. The molecule has 1 saturated carbocycles. The first-order valence-corrected chi connectivity index (χ1v) is 9.66. The zero-order chi connectivity index (χ0) is 20.2. The number of alkyl carbamates (subject to hydrolysis) is 1. The van der Waals surface area contributed by atoms with Gasteiger partial charge in [0.1, 0.15) is 5.60 Å². The van der Waals surface area contributed by atoms with E-state index in [0.29, 0.717) is 12.8 Å². The van der Waals surface area contributed by atoms with Crippen LogP contribution in [0.3, 0.4) is 0 Å². The van der Waals surface area contributed by atoms with Crippen molar-refractivity contribution in [1.82, 2.24) is 10.2 Å². The maximum absolute atomic E-state index is 12.8. The van der Waals surface area contributed by atoms with Gasteiger partial charge in [0.2, 0.25) is 5.91 Å². The van der Waals surface area contributed by atoms with Gasteiger partial charge in [-0.15, -0.1) is 6.42 Å². The molecule has 1 aliphatic heterocycles. The molecule has 0 radical (unpaired) electrons. The first kappa shape index (κ1) is 21.2. The topological polar surface area (TPSA) is 102 Å². The second-order valence-electron chi connectivity index (χ2n) is 8.41. The molecule has 2 fully saturated rings. The molecule has 1 heterocycles. The number of primary amides is 1. The minimum absolute atomic E-state index is 0.0588. The lowest BCUT2D eigenvalue weighted by atomic mass is 9.80. The zero-order valence-corrected chi connectivity index (χ0v) is 16.5. The summed E-state index contributed by atoms with van der Waals surface area (Å²) >= 11 is 0. The number of nitrogens with zero attached hydrogens (tertiary/aromatic N) is 1. The Labute approximate surface area is 161 Å². The van der Waals surface area contributed by atoms with Crippen molar-refractivity contribution in [1.29, 1.82) is 0 Å². The second-order valence-corrected chi connectivity index (χ2v) is 8.41. The van der Waals surface area contributed by atoms with Crippen molar-refractivity contribution in [3.05, 3.63) is 0 Å². The molecule has 0 bridgehead atoms. The number of carbonyl (C=O) groups is 3. The van der Waals surface area contributed by atoms with E-state index < -0.39 is 23.6 Å². The van der Waals surface area contributed by atoms with Crippen LogP contribution in [0, 0.1) is 18.3 Å². The predicted molar refractivity (Wildman–Crippen MR) is 102 cm³/mol. The van der Waals surface area contributed by atoms with Gasteiger partial charge in [-0.25, -0.2) is 4.79 Å². The van der Waals surface area contributed by atoms with Gasteiger partial charge in [0.15, 0.2) is 5.78 Å². The second kappa shape index (κ2) is 8.75. The molecule has 0 spiro atoms. The van der Waals surface area contributed by atoms with Gasteiger partial charge >= 0.3 is 6.09 Å². The van der Waals surface area contributed by atoms with E-state index in [9.17, 15) is 14.4 Å². The highest BCUT2D eigenvalue weighted by Crippen LogP contribution is 2.36. The highest BCUT2D eigenvalue weighted by atomic mass is 16.6. The Hall–Kier alpha value is -2.07. The molecule has 4 atom stereocenters. The van der Waals surface area contributed by atoms with Crippen LogP contribution >= 0.6 is 0 Å². The van der Waals surface area contributed by atoms with E-state index in [-0.39, 0.29) is 30.3 Å². The van der Waals surface area contributed by atoms with Crippen molar-refractivity contribution in [2.24, 2.45) is 11.7 Å². The van der Waals surface area contributed by atoms with Crippen molar-refractivity contribution in [3.63, 3.8) is 0 Å². The van der Waals surface area contributed by atoms with E-state index in [2.05, 4.69) is 11.2 Å². The average Bonchev–Trinajstić information content (AvgIpc) is 3.02. The number of hydrogen-bond acceptors (Lipinski definition) is 5. The molecule has 7 nitrogen and oxygen atoms in total. The minimum Gasteiger partial charge on any atom is -0.444 e. The predicted octanol–water partition coefficient (Wildman–Crippen LogP) is 1.59. The van der Waals surface area contributed by atoms with E-state index in [1.807, 2.05) is 4.90 Å². The lowest BCUT2D eigenvalue weighted by molar-refractivity contribution is -0.130. The van der Waals surface area contributed by atoms with Gasteiger partial charge in [0.05, 0.1) is 18.6 Å². The molecule has 1 saturated heterocycles. The third-order valence-corrected chi connectivity index (χ3v) is 5.29. The van der Waals surface area contributed by atoms with Crippen LogP contribution in [0.25, 0.3) is 0 Å². The third kappa shape index (κ3) is 5.46. The molecule has 0 aromatic rings. The van der Waals surface area contributed by atoms with Gasteiger partial charge in [0, 0.05) is 12.0 Å². The van der Waals surface area contributed by atoms with Gasteiger partial charge < -0.3 is 15.8 Å². The van der Waals surface area contributed by atoms with Crippen LogP contribution in [0.1, 0.15) is 59.3 Å². The number of rotatable bonds is 5. The fourth-order valence-electron chi connectivity index (χ4n) is 4.20. The Morgan fingerprint density at radius 1 is 1.19 bits per heavy atom. The minimum atomic E-state index is -0.620. The van der Waals surface area contributed by atoms with Crippen LogP contribution in [0.4, 0.5) is 4.79 Å². The highest BCUT2D eigenvalue weighted by molar-refractivity contribution is 5.87. The Morgan fingerprint density at radius 3 is 2.44 bits per heavy atom. The van der Waals surface area contributed by atoms with E-state index in [1.165, 1.54) is 0 Å². The molecular formula is C20H31N3O4. The Bertz CT molecular complexity index is 620. The highest BCUT2D eigenvalue weighted by Gasteiger charge is 2.45. The molecule has 0 aromatic carbocycles. The molecule has 7 heteroatoms. The maximum atomic E-state index is 12.8. The first-order valence-electron chi connectivity index (χ1n) is 9.66. The zero-order valence-electron chi connectivity index (χ0n) is 16.5. The summed E-state index contributed by atoms with van der Waals surface area (Å²) in [5.74, 6) is 2.02. The molecule has 3 N–H and O–H groups in total. The number of nitrogens with one attached hydrogen (secondary N) is 1. The van der Waals surface area contributed by atoms with Crippen molar-refractivity contribution < 1.29 is 19.1 Å². The number of ether oxygens (including phenoxy) is 1. The van der Waals surface area contributed by atoms with Crippen molar-refractivity contribution in [3.8, 4) is 12.3 Å². The number of nitrogens with two attached hydrogens (primary N) is 1. The van der Waals surface area contributed by atoms with Crippen molar-refractivity contribution >= 4 is 17.8 Å². The van der Waals surface area contributed by atoms with Crippen molar-refractivity contribution in [2.45, 2.75) is 83.0 Å². The third-order valence-electron chi connectivity index (χ3n) is 5.29. The van der Waals surface area contributed by atoms with E-state index in [1.54, 1.807) is 20.8 Å².